The first-order valence-electron chi connectivity index (χ1n) is 4.04. The van der Waals surface area contributed by atoms with Crippen molar-refractivity contribution in [2.75, 3.05) is 0 Å². The summed E-state index contributed by atoms with van der Waals surface area (Å²) in [6.45, 7) is 0. The van der Waals surface area contributed by atoms with Gasteiger partial charge in [0.1, 0.15) is 5.75 Å². The summed E-state index contributed by atoms with van der Waals surface area (Å²) in [5, 5.41) is 24.9. The normalized spacial score (nSPS) is 10.1. The number of carboxylic acids is 1. The Bertz CT molecular complexity index is 506. The van der Waals surface area contributed by atoms with E-state index in [1.54, 1.807) is 12.1 Å². The summed E-state index contributed by atoms with van der Waals surface area (Å²) < 4.78 is 4.32. The zero-order chi connectivity index (χ0) is 10.8. The third-order valence-corrected chi connectivity index (χ3v) is 1.85. The number of phenols is 1. The molecule has 0 spiro atoms. The molecule has 1 aromatic carbocycles. The molecule has 0 aliphatic rings. The molecule has 0 bridgehead atoms. The number of rotatable bonds is 2. The Morgan fingerprint density at radius 3 is 2.67 bits per heavy atom. The number of hydrogen-bond acceptors (Lipinski definition) is 5. The van der Waals surface area contributed by atoms with Crippen LogP contribution in [0.4, 0.5) is 0 Å². The summed E-state index contributed by atoms with van der Waals surface area (Å²) >= 11 is 0. The Morgan fingerprint density at radius 2 is 2.00 bits per heavy atom. The van der Waals surface area contributed by atoms with E-state index in [0.717, 1.165) is 0 Å². The second kappa shape index (κ2) is 3.41. The molecule has 0 aliphatic heterocycles. The van der Waals surface area contributed by atoms with Gasteiger partial charge in [-0.1, -0.05) is 12.1 Å². The number of carboxylic acid groups (broad SMARTS) is 1. The second-order valence-corrected chi connectivity index (χ2v) is 2.78. The van der Waals surface area contributed by atoms with E-state index in [2.05, 4.69) is 14.9 Å². The highest BCUT2D eigenvalue weighted by molar-refractivity contribution is 5.93. The van der Waals surface area contributed by atoms with Crippen LogP contribution >= 0.6 is 0 Å². The molecule has 0 fully saturated rings. The van der Waals surface area contributed by atoms with E-state index in [4.69, 9.17) is 5.11 Å². The first kappa shape index (κ1) is 9.20. The molecule has 6 heteroatoms. The van der Waals surface area contributed by atoms with Gasteiger partial charge >= 0.3 is 5.97 Å². The summed E-state index contributed by atoms with van der Waals surface area (Å²) in [5.74, 6) is -1.33. The van der Waals surface area contributed by atoms with Crippen LogP contribution in [0.1, 0.15) is 10.5 Å². The molecule has 0 aliphatic carbocycles. The van der Waals surface area contributed by atoms with Crippen LogP contribution in [0.3, 0.4) is 0 Å². The molecule has 0 radical (unpaired) electrons. The van der Waals surface area contributed by atoms with Crippen molar-refractivity contribution in [1.82, 2.24) is 10.3 Å². The Balaban J connectivity index is 2.59. The number of para-hydroxylation sites is 1. The van der Waals surface area contributed by atoms with Gasteiger partial charge < -0.3 is 10.2 Å². The molecular weight excluding hydrogens is 200 g/mol. The van der Waals surface area contributed by atoms with Crippen LogP contribution in [0.25, 0.3) is 11.3 Å². The molecule has 0 atom stereocenters. The second-order valence-electron chi connectivity index (χ2n) is 2.78. The molecule has 2 rings (SSSR count). The fourth-order valence-corrected chi connectivity index (χ4v) is 1.18. The van der Waals surface area contributed by atoms with Gasteiger partial charge in [0.15, 0.2) is 5.69 Å². The summed E-state index contributed by atoms with van der Waals surface area (Å²) in [7, 11) is 0. The highest BCUT2D eigenvalue weighted by Gasteiger charge is 2.20. The van der Waals surface area contributed by atoms with Gasteiger partial charge in [-0.15, -0.1) is 0 Å². The Labute approximate surface area is 83.7 Å². The van der Waals surface area contributed by atoms with E-state index in [1.165, 1.54) is 12.1 Å². The molecule has 2 N–H and O–H groups in total. The summed E-state index contributed by atoms with van der Waals surface area (Å²) in [6, 6.07) is 6.22. The van der Waals surface area contributed by atoms with Crippen molar-refractivity contribution in [2.24, 2.45) is 0 Å². The van der Waals surface area contributed by atoms with Gasteiger partial charge in [-0.25, -0.2) is 9.42 Å². The monoisotopic (exact) mass is 206 g/mol. The number of aromatic nitrogens is 2. The maximum Gasteiger partial charge on any atom is 0.360 e. The lowest BCUT2D eigenvalue weighted by Gasteiger charge is -1.98. The minimum absolute atomic E-state index is 0.0144. The minimum atomic E-state index is -1.26. The molecule has 15 heavy (non-hydrogen) atoms. The fraction of sp³-hybridized carbons (Fsp3) is 0. The van der Waals surface area contributed by atoms with Gasteiger partial charge in [0.05, 0.1) is 0 Å². The van der Waals surface area contributed by atoms with Gasteiger partial charge in [-0.05, 0) is 22.4 Å². The smallest absolute Gasteiger partial charge is 0.360 e. The van der Waals surface area contributed by atoms with Crippen molar-refractivity contribution in [3.05, 3.63) is 30.0 Å². The number of carbonyl (C=O) groups is 1. The van der Waals surface area contributed by atoms with Crippen LogP contribution in [-0.4, -0.2) is 26.5 Å². The average molecular weight is 206 g/mol. The third-order valence-electron chi connectivity index (χ3n) is 1.85. The molecule has 0 saturated carbocycles. The molecule has 1 heterocycles. The molecule has 0 unspecified atom stereocenters. The van der Waals surface area contributed by atoms with E-state index in [1.807, 2.05) is 0 Å². The lowest BCUT2D eigenvalue weighted by atomic mass is 10.1. The molecule has 1 aromatic heterocycles. The number of nitrogens with zero attached hydrogens (tertiary/aromatic N) is 2. The predicted octanol–water partition coefficient (Wildman–Crippen LogP) is 1.14. The van der Waals surface area contributed by atoms with Crippen LogP contribution in [0.2, 0.25) is 0 Å². The van der Waals surface area contributed by atoms with Crippen molar-refractivity contribution in [3.8, 4) is 17.0 Å². The van der Waals surface area contributed by atoms with Crippen LogP contribution < -0.4 is 0 Å². The summed E-state index contributed by atoms with van der Waals surface area (Å²) in [6.07, 6.45) is 0. The number of benzene rings is 1. The van der Waals surface area contributed by atoms with Crippen molar-refractivity contribution in [3.63, 3.8) is 0 Å². The number of phenolic OH excluding ortho intramolecular Hbond substituents is 1. The fourth-order valence-electron chi connectivity index (χ4n) is 1.18. The van der Waals surface area contributed by atoms with Gasteiger partial charge in [-0.3, -0.25) is 0 Å². The quantitative estimate of drug-likeness (QED) is 0.764. The van der Waals surface area contributed by atoms with Crippen LogP contribution in [0.15, 0.2) is 28.9 Å². The van der Waals surface area contributed by atoms with Crippen LogP contribution in [0.5, 0.6) is 5.75 Å². The van der Waals surface area contributed by atoms with Crippen molar-refractivity contribution < 1.29 is 19.6 Å². The molecule has 6 nitrogen and oxygen atoms in total. The lowest BCUT2D eigenvalue weighted by molar-refractivity contribution is 0.0685. The number of hydrogen-bond donors (Lipinski definition) is 2. The summed E-state index contributed by atoms with van der Waals surface area (Å²) in [4.78, 5) is 10.7. The van der Waals surface area contributed by atoms with E-state index >= 15 is 0 Å². The third kappa shape index (κ3) is 1.52. The predicted molar refractivity (Wildman–Crippen MR) is 48.4 cm³/mol. The van der Waals surface area contributed by atoms with Crippen molar-refractivity contribution in [1.29, 1.82) is 0 Å². The van der Waals surface area contributed by atoms with Gasteiger partial charge in [-0.2, -0.15) is 0 Å². The molecular formula is C9H6N2O4. The van der Waals surface area contributed by atoms with E-state index in [0.29, 0.717) is 0 Å². The first-order valence-corrected chi connectivity index (χ1v) is 4.04. The summed E-state index contributed by atoms with van der Waals surface area (Å²) in [5.41, 5.74) is -0.0340. The number of aromatic hydroxyl groups is 1. The van der Waals surface area contributed by atoms with Crippen molar-refractivity contribution >= 4 is 5.97 Å². The van der Waals surface area contributed by atoms with Gasteiger partial charge in [0, 0.05) is 5.56 Å². The highest BCUT2D eigenvalue weighted by atomic mass is 16.6. The van der Waals surface area contributed by atoms with Gasteiger partial charge in [0.2, 0.25) is 5.69 Å². The molecule has 2 aromatic rings. The standard InChI is InChI=1S/C9H6N2O4/c12-6-4-2-1-3-5(6)7-8(9(13)14)11-15-10-7/h1-4,12H,(H,13,14). The molecule has 0 saturated heterocycles. The van der Waals surface area contributed by atoms with Crippen molar-refractivity contribution in [2.45, 2.75) is 0 Å². The largest absolute Gasteiger partial charge is 0.507 e. The van der Waals surface area contributed by atoms with Crippen LogP contribution in [-0.2, 0) is 0 Å². The zero-order valence-electron chi connectivity index (χ0n) is 7.41. The highest BCUT2D eigenvalue weighted by Crippen LogP contribution is 2.28. The maximum absolute atomic E-state index is 10.7. The molecule has 0 amide bonds. The molecule has 76 valence electrons. The van der Waals surface area contributed by atoms with E-state index in [-0.39, 0.29) is 22.7 Å². The topological polar surface area (TPSA) is 96.5 Å². The van der Waals surface area contributed by atoms with E-state index < -0.39 is 5.97 Å². The lowest BCUT2D eigenvalue weighted by Crippen LogP contribution is -1.99. The van der Waals surface area contributed by atoms with Crippen LogP contribution in [0, 0.1) is 0 Å². The minimum Gasteiger partial charge on any atom is -0.507 e. The maximum atomic E-state index is 10.7. The Kier molecular flexibility index (Phi) is 2.09. The Morgan fingerprint density at radius 1 is 1.27 bits per heavy atom. The Hall–Kier alpha value is -2.37. The first-order chi connectivity index (χ1) is 7.20. The van der Waals surface area contributed by atoms with E-state index in [9.17, 15) is 9.90 Å². The number of aromatic carboxylic acids is 1. The average Bonchev–Trinajstić information content (AvgIpc) is 2.67. The SMILES string of the molecule is O=C(O)c1nonc1-c1ccccc1O. The van der Waals surface area contributed by atoms with Gasteiger partial charge in [0.25, 0.3) is 0 Å². The zero-order valence-corrected chi connectivity index (χ0v) is 7.41.